The number of amides is 1. The van der Waals surface area contributed by atoms with Crippen molar-refractivity contribution < 1.29 is 19.7 Å². The highest BCUT2D eigenvalue weighted by molar-refractivity contribution is 9.09. The predicted molar refractivity (Wildman–Crippen MR) is 72.5 cm³/mol. The number of hydrogen-bond acceptors (Lipinski definition) is 6. The first-order chi connectivity index (χ1) is 9.43. The third kappa shape index (κ3) is 2.90. The zero-order valence-electron chi connectivity index (χ0n) is 10.6. The standard InChI is InChI=1S/C11H14BrN3O5/c1-5(17)13-7-2-3-15(11(19)14-7)10-9(18)8(12)6(4-16)20-10/h2-3,6,8-10,16,18H,4H2,1H3,(H,13,14,17,19)/t6-,8-,9-,10-/m1/s1. The zero-order chi connectivity index (χ0) is 14.9. The van der Waals surface area contributed by atoms with Gasteiger partial charge in [-0.25, -0.2) is 4.79 Å². The third-order valence-electron chi connectivity index (χ3n) is 2.88. The van der Waals surface area contributed by atoms with Gasteiger partial charge in [0, 0.05) is 13.1 Å². The number of aliphatic hydroxyl groups is 2. The number of aliphatic hydroxyl groups excluding tert-OH is 2. The van der Waals surface area contributed by atoms with Crippen LogP contribution in [-0.4, -0.2) is 49.3 Å². The van der Waals surface area contributed by atoms with Crippen LogP contribution in [0.15, 0.2) is 17.1 Å². The molecule has 3 N–H and O–H groups in total. The molecule has 1 aliphatic rings. The molecular formula is C11H14BrN3O5. The normalized spacial score (nSPS) is 29.4. The van der Waals surface area contributed by atoms with Gasteiger partial charge in [-0.15, -0.1) is 0 Å². The second-order valence-corrected chi connectivity index (χ2v) is 5.42. The molecule has 0 saturated carbocycles. The highest BCUT2D eigenvalue weighted by Crippen LogP contribution is 2.32. The average Bonchev–Trinajstić information content (AvgIpc) is 2.66. The number of alkyl halides is 1. The third-order valence-corrected chi connectivity index (χ3v) is 4.01. The number of halogens is 1. The first kappa shape index (κ1) is 15.1. The SMILES string of the molecule is CC(=O)Nc1ccn([C@@H]2O[C@H](CO)[C@@H](Br)[C@H]2O)c(=O)n1. The fourth-order valence-electron chi connectivity index (χ4n) is 1.94. The van der Waals surface area contributed by atoms with Crippen LogP contribution >= 0.6 is 15.9 Å². The van der Waals surface area contributed by atoms with Gasteiger partial charge in [0.25, 0.3) is 0 Å². The van der Waals surface area contributed by atoms with Gasteiger partial charge in [0.2, 0.25) is 5.91 Å². The van der Waals surface area contributed by atoms with Crippen molar-refractivity contribution in [2.24, 2.45) is 0 Å². The van der Waals surface area contributed by atoms with E-state index in [2.05, 4.69) is 26.2 Å². The summed E-state index contributed by atoms with van der Waals surface area (Å²) in [6, 6.07) is 1.42. The van der Waals surface area contributed by atoms with Crippen molar-refractivity contribution in [2.75, 3.05) is 11.9 Å². The number of carbonyl (C=O) groups is 1. The summed E-state index contributed by atoms with van der Waals surface area (Å²) in [4.78, 5) is 26.0. The van der Waals surface area contributed by atoms with E-state index in [1.807, 2.05) is 0 Å². The molecule has 0 bridgehead atoms. The van der Waals surface area contributed by atoms with E-state index < -0.39 is 29.0 Å². The van der Waals surface area contributed by atoms with Crippen molar-refractivity contribution in [3.05, 3.63) is 22.7 Å². The highest BCUT2D eigenvalue weighted by Gasteiger charge is 2.43. The Morgan fingerprint density at radius 2 is 2.35 bits per heavy atom. The molecule has 1 amide bonds. The van der Waals surface area contributed by atoms with Gasteiger partial charge in [0.05, 0.1) is 17.5 Å². The van der Waals surface area contributed by atoms with Crippen molar-refractivity contribution >= 4 is 27.7 Å². The van der Waals surface area contributed by atoms with Crippen LogP contribution in [0.5, 0.6) is 0 Å². The fraction of sp³-hybridized carbons (Fsp3) is 0.545. The van der Waals surface area contributed by atoms with Crippen LogP contribution in [0.3, 0.4) is 0 Å². The largest absolute Gasteiger partial charge is 0.394 e. The fourth-order valence-corrected chi connectivity index (χ4v) is 2.49. The smallest absolute Gasteiger partial charge is 0.351 e. The van der Waals surface area contributed by atoms with Crippen molar-refractivity contribution in [1.29, 1.82) is 0 Å². The van der Waals surface area contributed by atoms with Crippen molar-refractivity contribution in [1.82, 2.24) is 9.55 Å². The van der Waals surface area contributed by atoms with E-state index in [1.54, 1.807) is 0 Å². The summed E-state index contributed by atoms with van der Waals surface area (Å²) in [6.07, 6.45) is -1.19. The summed E-state index contributed by atoms with van der Waals surface area (Å²) in [5.41, 5.74) is -0.668. The van der Waals surface area contributed by atoms with E-state index >= 15 is 0 Å². The Morgan fingerprint density at radius 3 is 2.85 bits per heavy atom. The number of nitrogens with one attached hydrogen (secondary N) is 1. The quantitative estimate of drug-likeness (QED) is 0.618. The topological polar surface area (TPSA) is 114 Å². The maximum Gasteiger partial charge on any atom is 0.351 e. The number of ether oxygens (including phenoxy) is 1. The predicted octanol–water partition coefficient (Wildman–Crippen LogP) is -0.784. The summed E-state index contributed by atoms with van der Waals surface area (Å²) in [6.45, 7) is 1.02. The molecule has 2 heterocycles. The van der Waals surface area contributed by atoms with Crippen molar-refractivity contribution in [2.45, 2.75) is 30.2 Å². The molecule has 0 unspecified atom stereocenters. The molecule has 2 rings (SSSR count). The Balaban J connectivity index is 2.26. The maximum atomic E-state index is 11.9. The number of carbonyl (C=O) groups excluding carboxylic acids is 1. The molecular weight excluding hydrogens is 334 g/mol. The van der Waals surface area contributed by atoms with Crippen LogP contribution in [0.2, 0.25) is 0 Å². The molecule has 0 radical (unpaired) electrons. The highest BCUT2D eigenvalue weighted by atomic mass is 79.9. The van der Waals surface area contributed by atoms with E-state index in [4.69, 9.17) is 9.84 Å². The van der Waals surface area contributed by atoms with Crippen LogP contribution in [0.1, 0.15) is 13.2 Å². The number of anilines is 1. The van der Waals surface area contributed by atoms with Gasteiger partial charge >= 0.3 is 5.69 Å². The number of nitrogens with zero attached hydrogens (tertiary/aromatic N) is 2. The Hall–Kier alpha value is -1.29. The van der Waals surface area contributed by atoms with Gasteiger partial charge in [-0.1, -0.05) is 15.9 Å². The molecule has 0 aromatic carbocycles. The Labute approximate surface area is 122 Å². The van der Waals surface area contributed by atoms with E-state index in [0.29, 0.717) is 0 Å². The van der Waals surface area contributed by atoms with Crippen molar-refractivity contribution in [3.63, 3.8) is 0 Å². The molecule has 0 spiro atoms. The van der Waals surface area contributed by atoms with Gasteiger partial charge in [0.15, 0.2) is 6.23 Å². The van der Waals surface area contributed by atoms with Gasteiger partial charge in [-0.05, 0) is 6.07 Å². The van der Waals surface area contributed by atoms with E-state index in [9.17, 15) is 14.7 Å². The maximum absolute atomic E-state index is 11.9. The molecule has 1 saturated heterocycles. The number of aromatic nitrogens is 2. The van der Waals surface area contributed by atoms with Gasteiger partial charge < -0.3 is 20.3 Å². The van der Waals surface area contributed by atoms with Crippen LogP contribution in [0, 0.1) is 0 Å². The molecule has 1 fully saturated rings. The molecule has 1 aromatic rings. The van der Waals surface area contributed by atoms with Gasteiger partial charge in [-0.2, -0.15) is 4.98 Å². The molecule has 20 heavy (non-hydrogen) atoms. The number of rotatable bonds is 3. The summed E-state index contributed by atoms with van der Waals surface area (Å²) in [5.74, 6) is -0.215. The second-order valence-electron chi connectivity index (χ2n) is 4.37. The lowest BCUT2D eigenvalue weighted by atomic mass is 10.2. The van der Waals surface area contributed by atoms with E-state index in [-0.39, 0.29) is 18.3 Å². The molecule has 1 aromatic heterocycles. The molecule has 110 valence electrons. The summed E-state index contributed by atoms with van der Waals surface area (Å²) >= 11 is 3.21. The summed E-state index contributed by atoms with van der Waals surface area (Å²) < 4.78 is 6.52. The molecule has 9 heteroatoms. The summed E-state index contributed by atoms with van der Waals surface area (Å²) in [5, 5.41) is 21.5. The van der Waals surface area contributed by atoms with Crippen LogP contribution in [-0.2, 0) is 9.53 Å². The second kappa shape index (κ2) is 6.00. The minimum atomic E-state index is -1.00. The Morgan fingerprint density at radius 1 is 1.65 bits per heavy atom. The Bertz CT molecular complexity index is 563. The van der Waals surface area contributed by atoms with Crippen LogP contribution in [0.4, 0.5) is 5.82 Å². The minimum absolute atomic E-state index is 0.125. The first-order valence-corrected chi connectivity index (χ1v) is 6.81. The van der Waals surface area contributed by atoms with Crippen LogP contribution in [0.25, 0.3) is 0 Å². The Kier molecular flexibility index (Phi) is 4.53. The first-order valence-electron chi connectivity index (χ1n) is 5.89. The van der Waals surface area contributed by atoms with E-state index in [0.717, 1.165) is 4.57 Å². The summed E-state index contributed by atoms with van der Waals surface area (Å²) in [7, 11) is 0. The van der Waals surface area contributed by atoms with Gasteiger partial charge in [-0.3, -0.25) is 9.36 Å². The van der Waals surface area contributed by atoms with E-state index in [1.165, 1.54) is 19.2 Å². The molecule has 0 aliphatic carbocycles. The lowest BCUT2D eigenvalue weighted by Crippen LogP contribution is -2.34. The van der Waals surface area contributed by atoms with Gasteiger partial charge in [0.1, 0.15) is 11.9 Å². The van der Waals surface area contributed by atoms with Crippen molar-refractivity contribution in [3.8, 4) is 0 Å². The molecule has 1 aliphatic heterocycles. The molecule has 8 nitrogen and oxygen atoms in total. The minimum Gasteiger partial charge on any atom is -0.394 e. The molecule has 4 atom stereocenters. The van der Waals surface area contributed by atoms with Crippen LogP contribution < -0.4 is 11.0 Å². The lowest BCUT2D eigenvalue weighted by Gasteiger charge is -2.17. The average molecular weight is 348 g/mol. The lowest BCUT2D eigenvalue weighted by molar-refractivity contribution is -0.114. The monoisotopic (exact) mass is 347 g/mol. The number of hydrogen-bond donors (Lipinski definition) is 3. The zero-order valence-corrected chi connectivity index (χ0v) is 12.1.